The van der Waals surface area contributed by atoms with Gasteiger partial charge in [-0.3, -0.25) is 0 Å². The average Bonchev–Trinajstić information content (AvgIpc) is 2.78. The number of thiazole rings is 1. The van der Waals surface area contributed by atoms with E-state index in [0.29, 0.717) is 5.75 Å². The highest BCUT2D eigenvalue weighted by molar-refractivity contribution is 7.20. The van der Waals surface area contributed by atoms with Crippen molar-refractivity contribution in [1.82, 2.24) is 4.40 Å². The summed E-state index contributed by atoms with van der Waals surface area (Å²) in [7, 11) is 0. The van der Waals surface area contributed by atoms with Gasteiger partial charge in [0.15, 0.2) is 0 Å². The molecule has 3 aromatic rings. The molecular weight excluding hydrogens is 206 g/mol. The van der Waals surface area contributed by atoms with Crippen LogP contribution in [-0.2, 0) is 0 Å². The molecule has 0 atom stereocenters. The third-order valence-electron chi connectivity index (χ3n) is 2.36. The maximum Gasteiger partial charge on any atom is 0.115 e. The second-order valence-electron chi connectivity index (χ2n) is 3.40. The molecule has 74 valence electrons. The Morgan fingerprint density at radius 3 is 2.60 bits per heavy atom. The predicted octanol–water partition coefficient (Wildman–Crippen LogP) is 3.37. The van der Waals surface area contributed by atoms with Gasteiger partial charge in [-0.05, 0) is 42.0 Å². The van der Waals surface area contributed by atoms with Crippen molar-refractivity contribution < 1.29 is 5.11 Å². The Bertz CT molecular complexity index is 563. The molecule has 0 fully saturated rings. The minimum atomic E-state index is 0.307. The van der Waals surface area contributed by atoms with E-state index in [9.17, 15) is 5.11 Å². The molecule has 0 aliphatic rings. The van der Waals surface area contributed by atoms with Crippen molar-refractivity contribution in [2.45, 2.75) is 0 Å². The lowest BCUT2D eigenvalue weighted by molar-refractivity contribution is 0.475. The standard InChI is InChI=1S/C12H9NOS/c14-10-5-3-9(4-6-10)11-8-13-7-1-2-12(13)15-11/h1-8,14H. The minimum absolute atomic E-state index is 0.307. The fourth-order valence-electron chi connectivity index (χ4n) is 1.60. The van der Waals surface area contributed by atoms with E-state index in [-0.39, 0.29) is 0 Å². The van der Waals surface area contributed by atoms with Gasteiger partial charge in [0.2, 0.25) is 0 Å². The van der Waals surface area contributed by atoms with Gasteiger partial charge < -0.3 is 9.51 Å². The van der Waals surface area contributed by atoms with E-state index in [1.807, 2.05) is 24.4 Å². The van der Waals surface area contributed by atoms with Gasteiger partial charge in [0.25, 0.3) is 0 Å². The number of aromatic nitrogens is 1. The van der Waals surface area contributed by atoms with Crippen molar-refractivity contribution in [1.29, 1.82) is 0 Å². The lowest BCUT2D eigenvalue weighted by Crippen LogP contribution is -1.72. The SMILES string of the molecule is Oc1ccc(-c2cn3cccc3s2)cc1. The van der Waals surface area contributed by atoms with E-state index in [4.69, 9.17) is 0 Å². The molecule has 3 heteroatoms. The molecular formula is C12H9NOS. The Kier molecular flexibility index (Phi) is 1.79. The minimum Gasteiger partial charge on any atom is -0.508 e. The van der Waals surface area contributed by atoms with E-state index in [0.717, 1.165) is 5.56 Å². The molecule has 2 aromatic heterocycles. The second-order valence-corrected chi connectivity index (χ2v) is 4.46. The maximum atomic E-state index is 9.20. The summed E-state index contributed by atoms with van der Waals surface area (Å²) in [5.74, 6) is 0.307. The summed E-state index contributed by atoms with van der Waals surface area (Å²) in [4.78, 5) is 2.45. The van der Waals surface area contributed by atoms with Crippen molar-refractivity contribution in [3.63, 3.8) is 0 Å². The van der Waals surface area contributed by atoms with Gasteiger partial charge in [-0.2, -0.15) is 0 Å². The van der Waals surface area contributed by atoms with E-state index in [1.54, 1.807) is 23.5 Å². The first-order valence-electron chi connectivity index (χ1n) is 4.69. The summed E-state index contributed by atoms with van der Waals surface area (Å²) in [6.07, 6.45) is 4.14. The molecule has 0 saturated heterocycles. The zero-order valence-electron chi connectivity index (χ0n) is 7.92. The van der Waals surface area contributed by atoms with Crippen molar-refractivity contribution >= 4 is 16.2 Å². The van der Waals surface area contributed by atoms with Crippen LogP contribution in [0.25, 0.3) is 15.3 Å². The van der Waals surface area contributed by atoms with Crippen LogP contribution in [0.4, 0.5) is 0 Å². The monoisotopic (exact) mass is 215 g/mol. The maximum absolute atomic E-state index is 9.20. The molecule has 0 aliphatic carbocycles. The van der Waals surface area contributed by atoms with Gasteiger partial charge in [-0.25, -0.2) is 0 Å². The molecule has 0 bridgehead atoms. The van der Waals surface area contributed by atoms with Crippen LogP contribution in [0.3, 0.4) is 0 Å². The smallest absolute Gasteiger partial charge is 0.115 e. The number of aromatic hydroxyl groups is 1. The van der Waals surface area contributed by atoms with Gasteiger partial charge in [0.1, 0.15) is 5.75 Å². The lowest BCUT2D eigenvalue weighted by Gasteiger charge is -1.95. The van der Waals surface area contributed by atoms with Crippen molar-refractivity contribution in [2.75, 3.05) is 0 Å². The number of rotatable bonds is 1. The third-order valence-corrected chi connectivity index (χ3v) is 3.48. The van der Waals surface area contributed by atoms with Gasteiger partial charge in [0, 0.05) is 12.4 Å². The number of hydrogen-bond donors (Lipinski definition) is 1. The summed E-state index contributed by atoms with van der Waals surface area (Å²) >= 11 is 1.74. The first kappa shape index (κ1) is 8.56. The first-order chi connectivity index (χ1) is 7.33. The molecule has 1 aromatic carbocycles. The molecule has 0 saturated carbocycles. The number of phenolic OH excluding ortho intramolecular Hbond substituents is 1. The highest BCUT2D eigenvalue weighted by atomic mass is 32.1. The number of nitrogens with zero attached hydrogens (tertiary/aromatic N) is 1. The Hall–Kier alpha value is -1.74. The molecule has 0 radical (unpaired) electrons. The Labute approximate surface area is 91.0 Å². The van der Waals surface area contributed by atoms with Gasteiger partial charge in [-0.15, -0.1) is 11.3 Å². The highest BCUT2D eigenvalue weighted by Crippen LogP contribution is 2.29. The number of hydrogen-bond acceptors (Lipinski definition) is 2. The summed E-state index contributed by atoms with van der Waals surface area (Å²) < 4.78 is 2.10. The van der Waals surface area contributed by atoms with Crippen LogP contribution < -0.4 is 0 Å². The van der Waals surface area contributed by atoms with Crippen LogP contribution in [0.2, 0.25) is 0 Å². The molecule has 15 heavy (non-hydrogen) atoms. The van der Waals surface area contributed by atoms with Crippen LogP contribution in [0.1, 0.15) is 0 Å². The van der Waals surface area contributed by atoms with E-state index >= 15 is 0 Å². The van der Waals surface area contributed by atoms with Crippen molar-refractivity contribution in [3.8, 4) is 16.2 Å². The predicted molar refractivity (Wildman–Crippen MR) is 62.4 cm³/mol. The fourth-order valence-corrected chi connectivity index (χ4v) is 2.61. The zero-order chi connectivity index (χ0) is 10.3. The highest BCUT2D eigenvalue weighted by Gasteiger charge is 2.03. The van der Waals surface area contributed by atoms with E-state index in [2.05, 4.69) is 16.7 Å². The summed E-state index contributed by atoms with van der Waals surface area (Å²) in [5.41, 5.74) is 1.14. The van der Waals surface area contributed by atoms with Crippen molar-refractivity contribution in [2.24, 2.45) is 0 Å². The first-order valence-corrected chi connectivity index (χ1v) is 5.50. The van der Waals surface area contributed by atoms with Crippen LogP contribution in [0.5, 0.6) is 5.75 Å². The Morgan fingerprint density at radius 1 is 1.07 bits per heavy atom. The Balaban J connectivity index is 2.13. The third kappa shape index (κ3) is 1.41. The lowest BCUT2D eigenvalue weighted by atomic mass is 10.2. The Morgan fingerprint density at radius 2 is 1.87 bits per heavy atom. The number of benzene rings is 1. The van der Waals surface area contributed by atoms with Gasteiger partial charge >= 0.3 is 0 Å². The van der Waals surface area contributed by atoms with E-state index < -0.39 is 0 Å². The molecule has 0 aliphatic heterocycles. The van der Waals surface area contributed by atoms with Crippen LogP contribution in [0, 0.1) is 0 Å². The van der Waals surface area contributed by atoms with Crippen molar-refractivity contribution in [3.05, 3.63) is 48.8 Å². The fraction of sp³-hybridized carbons (Fsp3) is 0. The quantitative estimate of drug-likeness (QED) is 0.661. The summed E-state index contributed by atoms with van der Waals surface area (Å²) in [6, 6.07) is 11.4. The molecule has 3 rings (SSSR count). The summed E-state index contributed by atoms with van der Waals surface area (Å²) in [6.45, 7) is 0. The molecule has 2 heterocycles. The van der Waals surface area contributed by atoms with E-state index in [1.165, 1.54) is 9.71 Å². The second kappa shape index (κ2) is 3.14. The van der Waals surface area contributed by atoms with Gasteiger partial charge in [-0.1, -0.05) is 0 Å². The average molecular weight is 215 g/mol. The normalized spacial score (nSPS) is 10.9. The summed E-state index contributed by atoms with van der Waals surface area (Å²) in [5, 5.41) is 9.20. The number of fused-ring (bicyclic) bond motifs is 1. The topological polar surface area (TPSA) is 24.6 Å². The van der Waals surface area contributed by atoms with Crippen LogP contribution >= 0.6 is 11.3 Å². The molecule has 0 unspecified atom stereocenters. The zero-order valence-corrected chi connectivity index (χ0v) is 8.74. The number of phenols is 1. The molecule has 2 nitrogen and oxygen atoms in total. The molecule has 1 N–H and O–H groups in total. The van der Waals surface area contributed by atoms with Crippen LogP contribution in [-0.4, -0.2) is 9.51 Å². The van der Waals surface area contributed by atoms with Gasteiger partial charge in [0.05, 0.1) is 9.71 Å². The largest absolute Gasteiger partial charge is 0.508 e. The molecule has 0 amide bonds. The molecule has 0 spiro atoms. The van der Waals surface area contributed by atoms with Crippen LogP contribution in [0.15, 0.2) is 48.8 Å².